The fourth-order valence-electron chi connectivity index (χ4n) is 2.92. The second-order valence-electron chi connectivity index (χ2n) is 5.63. The molecular formula is C15H17N5O3. The molecule has 23 heavy (non-hydrogen) atoms. The van der Waals surface area contributed by atoms with Crippen LogP contribution in [0.5, 0.6) is 11.8 Å². The monoisotopic (exact) mass is 315 g/mol. The van der Waals surface area contributed by atoms with Gasteiger partial charge in [0.1, 0.15) is 11.7 Å². The molecule has 1 saturated heterocycles. The highest BCUT2D eigenvalue weighted by Crippen LogP contribution is 2.25. The molecule has 0 aromatic carbocycles. The summed E-state index contributed by atoms with van der Waals surface area (Å²) in [7, 11) is 0. The van der Waals surface area contributed by atoms with Gasteiger partial charge in [-0.15, -0.1) is 5.10 Å². The second kappa shape index (κ2) is 5.86. The van der Waals surface area contributed by atoms with Crippen molar-refractivity contribution >= 4 is 5.91 Å². The van der Waals surface area contributed by atoms with Crippen molar-refractivity contribution in [1.29, 1.82) is 0 Å². The Balaban J connectivity index is 1.43. The van der Waals surface area contributed by atoms with E-state index in [9.17, 15) is 4.79 Å². The number of ether oxygens (including phenoxy) is 2. The third-order valence-electron chi connectivity index (χ3n) is 4.04. The molecule has 2 aromatic heterocycles. The molecule has 2 aliphatic heterocycles. The normalized spacial score (nSPS) is 20.0. The molecule has 0 bridgehead atoms. The number of amides is 1. The molecule has 0 N–H and O–H groups in total. The number of aryl methyl sites for hydroxylation is 1. The third kappa shape index (κ3) is 2.71. The minimum absolute atomic E-state index is 0.0570. The first-order valence-electron chi connectivity index (χ1n) is 7.73. The minimum atomic E-state index is -0.0667. The molecule has 120 valence electrons. The van der Waals surface area contributed by atoms with Gasteiger partial charge in [-0.1, -0.05) is 0 Å². The zero-order valence-corrected chi connectivity index (χ0v) is 12.6. The van der Waals surface area contributed by atoms with Crippen molar-refractivity contribution in [3.05, 3.63) is 30.1 Å². The number of hydrogen-bond donors (Lipinski definition) is 0. The van der Waals surface area contributed by atoms with Crippen LogP contribution in [-0.2, 0) is 6.54 Å². The highest BCUT2D eigenvalue weighted by Gasteiger charge is 2.32. The molecule has 2 aromatic rings. The highest BCUT2D eigenvalue weighted by atomic mass is 16.5. The van der Waals surface area contributed by atoms with E-state index in [1.807, 2.05) is 0 Å². The van der Waals surface area contributed by atoms with Crippen molar-refractivity contribution in [3.63, 3.8) is 0 Å². The third-order valence-corrected chi connectivity index (χ3v) is 4.04. The van der Waals surface area contributed by atoms with E-state index in [2.05, 4.69) is 15.3 Å². The van der Waals surface area contributed by atoms with E-state index < -0.39 is 0 Å². The van der Waals surface area contributed by atoms with Gasteiger partial charge in [-0.25, -0.2) is 4.68 Å². The molecule has 8 heteroatoms. The number of carbonyl (C=O) groups excluding carboxylic acids is 1. The summed E-state index contributed by atoms with van der Waals surface area (Å²) >= 11 is 0. The Morgan fingerprint density at radius 2 is 2.35 bits per heavy atom. The molecule has 0 radical (unpaired) electrons. The second-order valence-corrected chi connectivity index (χ2v) is 5.63. The average molecular weight is 315 g/mol. The molecule has 1 amide bonds. The number of fused-ring (bicyclic) bond motifs is 1. The first-order chi connectivity index (χ1) is 11.3. The molecule has 0 aliphatic carbocycles. The summed E-state index contributed by atoms with van der Waals surface area (Å²) in [6.07, 6.45) is 4.82. The van der Waals surface area contributed by atoms with Crippen LogP contribution in [0, 0.1) is 0 Å². The lowest BCUT2D eigenvalue weighted by Crippen LogP contribution is -2.31. The van der Waals surface area contributed by atoms with Gasteiger partial charge in [-0.2, -0.15) is 10.2 Å². The van der Waals surface area contributed by atoms with Crippen molar-refractivity contribution in [3.8, 4) is 11.8 Å². The number of carbonyl (C=O) groups is 1. The Labute approximate surface area is 133 Å². The van der Waals surface area contributed by atoms with Gasteiger partial charge in [-0.3, -0.25) is 4.79 Å². The SMILES string of the molecule is O=C(c1cnn2c1OCCC2)N1CC[C@H](Oc2cccnn2)C1. The smallest absolute Gasteiger partial charge is 0.261 e. The fourth-order valence-corrected chi connectivity index (χ4v) is 2.92. The zero-order chi connectivity index (χ0) is 15.6. The van der Waals surface area contributed by atoms with Crippen LogP contribution in [-0.4, -0.2) is 56.6 Å². The Hall–Kier alpha value is -2.64. The summed E-state index contributed by atoms with van der Waals surface area (Å²) in [5.41, 5.74) is 0.532. The van der Waals surface area contributed by atoms with E-state index in [-0.39, 0.29) is 12.0 Å². The lowest BCUT2D eigenvalue weighted by Gasteiger charge is -2.19. The van der Waals surface area contributed by atoms with Gasteiger partial charge in [0.25, 0.3) is 5.91 Å². The molecule has 1 atom stereocenters. The molecule has 0 unspecified atom stereocenters. The van der Waals surface area contributed by atoms with Crippen molar-refractivity contribution in [2.75, 3.05) is 19.7 Å². The van der Waals surface area contributed by atoms with E-state index in [0.717, 1.165) is 19.4 Å². The quantitative estimate of drug-likeness (QED) is 0.831. The van der Waals surface area contributed by atoms with Gasteiger partial charge in [0.2, 0.25) is 11.8 Å². The van der Waals surface area contributed by atoms with Crippen molar-refractivity contribution in [2.24, 2.45) is 0 Å². The summed E-state index contributed by atoms with van der Waals surface area (Å²) in [6.45, 7) is 2.60. The van der Waals surface area contributed by atoms with Gasteiger partial charge in [0, 0.05) is 38.2 Å². The van der Waals surface area contributed by atoms with Crippen LogP contribution in [0.1, 0.15) is 23.2 Å². The van der Waals surface area contributed by atoms with E-state index in [0.29, 0.717) is 37.0 Å². The van der Waals surface area contributed by atoms with E-state index in [1.54, 1.807) is 34.1 Å². The minimum Gasteiger partial charge on any atom is -0.477 e. The molecule has 0 saturated carbocycles. The van der Waals surface area contributed by atoms with Crippen LogP contribution in [0.15, 0.2) is 24.5 Å². The first kappa shape index (κ1) is 14.0. The zero-order valence-electron chi connectivity index (χ0n) is 12.6. The van der Waals surface area contributed by atoms with Gasteiger partial charge < -0.3 is 14.4 Å². The Bertz CT molecular complexity index is 702. The van der Waals surface area contributed by atoms with Gasteiger partial charge in [-0.05, 0) is 6.07 Å². The highest BCUT2D eigenvalue weighted by molar-refractivity contribution is 5.96. The van der Waals surface area contributed by atoms with Crippen LogP contribution in [0.4, 0.5) is 0 Å². The Morgan fingerprint density at radius 1 is 1.39 bits per heavy atom. The molecule has 2 aliphatic rings. The maximum Gasteiger partial charge on any atom is 0.261 e. The molecule has 4 rings (SSSR count). The van der Waals surface area contributed by atoms with Crippen molar-refractivity contribution in [1.82, 2.24) is 24.9 Å². The largest absolute Gasteiger partial charge is 0.477 e. The topological polar surface area (TPSA) is 82.4 Å². The van der Waals surface area contributed by atoms with Crippen LogP contribution in [0.3, 0.4) is 0 Å². The summed E-state index contributed by atoms with van der Waals surface area (Å²) in [4.78, 5) is 14.5. The summed E-state index contributed by atoms with van der Waals surface area (Å²) in [6, 6.07) is 3.54. The summed E-state index contributed by atoms with van der Waals surface area (Å²) in [5, 5.41) is 11.9. The molecule has 8 nitrogen and oxygen atoms in total. The lowest BCUT2D eigenvalue weighted by molar-refractivity contribution is 0.0764. The number of hydrogen-bond acceptors (Lipinski definition) is 6. The van der Waals surface area contributed by atoms with Gasteiger partial charge >= 0.3 is 0 Å². The Kier molecular flexibility index (Phi) is 3.57. The van der Waals surface area contributed by atoms with Crippen LogP contribution >= 0.6 is 0 Å². The number of rotatable bonds is 3. The molecule has 4 heterocycles. The fraction of sp³-hybridized carbons (Fsp3) is 0.467. The number of nitrogens with zero attached hydrogens (tertiary/aromatic N) is 5. The average Bonchev–Trinajstić information content (AvgIpc) is 3.22. The van der Waals surface area contributed by atoms with Crippen molar-refractivity contribution < 1.29 is 14.3 Å². The lowest BCUT2D eigenvalue weighted by atomic mass is 10.3. The number of likely N-dealkylation sites (tertiary alicyclic amines) is 1. The van der Waals surface area contributed by atoms with E-state index in [4.69, 9.17) is 9.47 Å². The Morgan fingerprint density at radius 3 is 3.22 bits per heavy atom. The van der Waals surface area contributed by atoms with Crippen LogP contribution < -0.4 is 9.47 Å². The van der Waals surface area contributed by atoms with Crippen LogP contribution in [0.25, 0.3) is 0 Å². The maximum atomic E-state index is 12.7. The molecule has 0 spiro atoms. The molecule has 1 fully saturated rings. The van der Waals surface area contributed by atoms with E-state index in [1.165, 1.54) is 0 Å². The summed E-state index contributed by atoms with van der Waals surface area (Å²) < 4.78 is 13.1. The standard InChI is InChI=1S/C15H17N5O3/c21-14(12-9-17-20-6-2-8-22-15(12)20)19-7-4-11(10-19)23-13-3-1-5-16-18-13/h1,3,5,9,11H,2,4,6-8,10H2/t11-/m0/s1. The number of aromatic nitrogens is 4. The van der Waals surface area contributed by atoms with Gasteiger partial charge in [0.05, 0.1) is 19.3 Å². The van der Waals surface area contributed by atoms with Crippen LogP contribution in [0.2, 0.25) is 0 Å². The first-order valence-corrected chi connectivity index (χ1v) is 7.73. The van der Waals surface area contributed by atoms with Crippen molar-refractivity contribution in [2.45, 2.75) is 25.5 Å². The molecular weight excluding hydrogens is 298 g/mol. The predicted octanol–water partition coefficient (Wildman–Crippen LogP) is 0.749. The van der Waals surface area contributed by atoms with E-state index >= 15 is 0 Å². The summed E-state index contributed by atoms with van der Waals surface area (Å²) in [5.74, 6) is 1.01. The maximum absolute atomic E-state index is 12.7. The van der Waals surface area contributed by atoms with Gasteiger partial charge in [0.15, 0.2) is 0 Å². The predicted molar refractivity (Wildman–Crippen MR) is 79.3 cm³/mol.